The number of carbonyl (C=O) groups is 1. The molecule has 0 bridgehead atoms. The third-order valence-corrected chi connectivity index (χ3v) is 2.90. The second-order valence-electron chi connectivity index (χ2n) is 4.08. The Morgan fingerprint density at radius 1 is 1.33 bits per heavy atom. The number of nitrogens with zero attached hydrogens (tertiary/aromatic N) is 1. The standard InChI is InChI=1S/C13H17F2NO2/c1-4-9(2)16(3)12(17)10-5-7-11(8-6-10)18-13(14)15/h5-9,13H,4H2,1-3H3. The number of hydrogen-bond donors (Lipinski definition) is 0. The average molecular weight is 257 g/mol. The van der Waals surface area contributed by atoms with Crippen molar-refractivity contribution in [3.8, 4) is 5.75 Å². The van der Waals surface area contributed by atoms with Crippen molar-refractivity contribution in [2.45, 2.75) is 32.9 Å². The number of hydrogen-bond acceptors (Lipinski definition) is 2. The first-order valence-electron chi connectivity index (χ1n) is 5.77. The van der Waals surface area contributed by atoms with E-state index in [1.807, 2.05) is 13.8 Å². The summed E-state index contributed by atoms with van der Waals surface area (Å²) in [5, 5.41) is 0. The van der Waals surface area contributed by atoms with Crippen molar-refractivity contribution in [3.05, 3.63) is 29.8 Å². The molecule has 18 heavy (non-hydrogen) atoms. The molecule has 0 aliphatic rings. The molecule has 1 amide bonds. The number of halogens is 2. The van der Waals surface area contributed by atoms with E-state index in [9.17, 15) is 13.6 Å². The van der Waals surface area contributed by atoms with E-state index in [2.05, 4.69) is 4.74 Å². The van der Waals surface area contributed by atoms with Crippen molar-refractivity contribution in [3.63, 3.8) is 0 Å². The summed E-state index contributed by atoms with van der Waals surface area (Å²) in [5.41, 5.74) is 0.458. The molecule has 0 N–H and O–H groups in total. The summed E-state index contributed by atoms with van der Waals surface area (Å²) < 4.78 is 28.1. The van der Waals surface area contributed by atoms with Gasteiger partial charge >= 0.3 is 6.61 Å². The quantitative estimate of drug-likeness (QED) is 0.811. The monoisotopic (exact) mass is 257 g/mol. The zero-order chi connectivity index (χ0) is 13.7. The Morgan fingerprint density at radius 3 is 2.33 bits per heavy atom. The molecule has 1 unspecified atom stereocenters. The van der Waals surface area contributed by atoms with Crippen molar-refractivity contribution in [2.75, 3.05) is 7.05 Å². The fourth-order valence-corrected chi connectivity index (χ4v) is 1.46. The molecule has 0 saturated carbocycles. The predicted molar refractivity (Wildman–Crippen MR) is 64.9 cm³/mol. The van der Waals surface area contributed by atoms with Gasteiger partial charge in [0, 0.05) is 18.7 Å². The molecule has 5 heteroatoms. The maximum atomic E-state index is 12.0. The van der Waals surface area contributed by atoms with Gasteiger partial charge in [0.15, 0.2) is 0 Å². The summed E-state index contributed by atoms with van der Waals surface area (Å²) >= 11 is 0. The molecule has 100 valence electrons. The molecule has 0 aromatic heterocycles. The minimum atomic E-state index is -2.85. The van der Waals surface area contributed by atoms with E-state index in [0.717, 1.165) is 6.42 Å². The maximum Gasteiger partial charge on any atom is 0.387 e. The number of benzene rings is 1. The third kappa shape index (κ3) is 3.68. The van der Waals surface area contributed by atoms with E-state index in [-0.39, 0.29) is 17.7 Å². The molecule has 0 spiro atoms. The summed E-state index contributed by atoms with van der Waals surface area (Å²) in [6.07, 6.45) is 0.856. The molecule has 3 nitrogen and oxygen atoms in total. The molecular formula is C13H17F2NO2. The summed E-state index contributed by atoms with van der Waals surface area (Å²) in [6, 6.07) is 5.83. The number of alkyl halides is 2. The second-order valence-corrected chi connectivity index (χ2v) is 4.08. The molecule has 0 heterocycles. The zero-order valence-corrected chi connectivity index (χ0v) is 10.7. The minimum absolute atomic E-state index is 0.0488. The topological polar surface area (TPSA) is 29.5 Å². The van der Waals surface area contributed by atoms with Gasteiger partial charge in [-0.25, -0.2) is 0 Å². The van der Waals surface area contributed by atoms with Gasteiger partial charge in [0.2, 0.25) is 0 Å². The lowest BCUT2D eigenvalue weighted by Gasteiger charge is -2.23. The molecule has 0 fully saturated rings. The lowest BCUT2D eigenvalue weighted by Crippen LogP contribution is -2.34. The SMILES string of the molecule is CCC(C)N(C)C(=O)c1ccc(OC(F)F)cc1. The van der Waals surface area contributed by atoms with Crippen LogP contribution in [0.25, 0.3) is 0 Å². The van der Waals surface area contributed by atoms with Gasteiger partial charge in [-0.05, 0) is 37.6 Å². The van der Waals surface area contributed by atoms with Crippen LogP contribution in [-0.2, 0) is 0 Å². The van der Waals surface area contributed by atoms with Crippen molar-refractivity contribution < 1.29 is 18.3 Å². The van der Waals surface area contributed by atoms with Crippen LogP contribution in [0.1, 0.15) is 30.6 Å². The number of rotatable bonds is 5. The van der Waals surface area contributed by atoms with Crippen LogP contribution in [0.4, 0.5) is 8.78 Å². The Balaban J connectivity index is 2.75. The van der Waals surface area contributed by atoms with Crippen molar-refractivity contribution in [2.24, 2.45) is 0 Å². The fraction of sp³-hybridized carbons (Fsp3) is 0.462. The van der Waals surface area contributed by atoms with Gasteiger partial charge in [0.1, 0.15) is 5.75 Å². The third-order valence-electron chi connectivity index (χ3n) is 2.90. The highest BCUT2D eigenvalue weighted by molar-refractivity contribution is 5.94. The van der Waals surface area contributed by atoms with E-state index < -0.39 is 6.61 Å². The van der Waals surface area contributed by atoms with Gasteiger partial charge in [-0.1, -0.05) is 6.92 Å². The van der Waals surface area contributed by atoms with Crippen molar-refractivity contribution in [1.29, 1.82) is 0 Å². The van der Waals surface area contributed by atoms with Crippen LogP contribution in [0.3, 0.4) is 0 Å². The van der Waals surface area contributed by atoms with E-state index in [1.165, 1.54) is 24.3 Å². The number of carbonyl (C=O) groups excluding carboxylic acids is 1. The summed E-state index contributed by atoms with van der Waals surface area (Å²) in [4.78, 5) is 13.6. The first-order chi connectivity index (χ1) is 8.45. The molecular weight excluding hydrogens is 240 g/mol. The van der Waals surface area contributed by atoms with Crippen LogP contribution in [-0.4, -0.2) is 30.5 Å². The fourth-order valence-electron chi connectivity index (χ4n) is 1.46. The molecule has 0 radical (unpaired) electrons. The van der Waals surface area contributed by atoms with Gasteiger partial charge in [-0.2, -0.15) is 8.78 Å². The van der Waals surface area contributed by atoms with Gasteiger partial charge in [-0.15, -0.1) is 0 Å². The van der Waals surface area contributed by atoms with Crippen LogP contribution in [0.2, 0.25) is 0 Å². The molecule has 1 aromatic rings. The highest BCUT2D eigenvalue weighted by atomic mass is 19.3. The first kappa shape index (κ1) is 14.4. The smallest absolute Gasteiger partial charge is 0.387 e. The first-order valence-corrected chi connectivity index (χ1v) is 5.77. The summed E-state index contributed by atoms with van der Waals surface area (Å²) in [6.45, 7) is 1.09. The number of amides is 1. The molecule has 0 saturated heterocycles. The van der Waals surface area contributed by atoms with Gasteiger partial charge in [0.25, 0.3) is 5.91 Å². The van der Waals surface area contributed by atoms with E-state index in [1.54, 1.807) is 11.9 Å². The molecule has 0 aliphatic carbocycles. The van der Waals surface area contributed by atoms with Crippen LogP contribution in [0.15, 0.2) is 24.3 Å². The van der Waals surface area contributed by atoms with Crippen LogP contribution in [0, 0.1) is 0 Å². The van der Waals surface area contributed by atoms with Crippen LogP contribution in [0.5, 0.6) is 5.75 Å². The van der Waals surface area contributed by atoms with E-state index in [0.29, 0.717) is 5.56 Å². The Morgan fingerprint density at radius 2 is 1.89 bits per heavy atom. The van der Waals surface area contributed by atoms with Gasteiger partial charge in [0.05, 0.1) is 0 Å². The van der Waals surface area contributed by atoms with E-state index >= 15 is 0 Å². The Bertz CT molecular complexity index is 392. The molecule has 1 rings (SSSR count). The summed E-state index contributed by atoms with van der Waals surface area (Å²) in [7, 11) is 1.72. The minimum Gasteiger partial charge on any atom is -0.435 e. The lowest BCUT2D eigenvalue weighted by molar-refractivity contribution is -0.0498. The lowest BCUT2D eigenvalue weighted by atomic mass is 10.1. The Kier molecular flexibility index (Phi) is 5.07. The zero-order valence-electron chi connectivity index (χ0n) is 10.7. The average Bonchev–Trinajstić information content (AvgIpc) is 2.36. The predicted octanol–water partition coefficient (Wildman–Crippen LogP) is 3.16. The van der Waals surface area contributed by atoms with Crippen LogP contribution >= 0.6 is 0 Å². The van der Waals surface area contributed by atoms with Gasteiger partial charge < -0.3 is 9.64 Å². The Labute approximate surface area is 105 Å². The van der Waals surface area contributed by atoms with E-state index in [4.69, 9.17) is 0 Å². The molecule has 0 aliphatic heterocycles. The van der Waals surface area contributed by atoms with Crippen molar-refractivity contribution >= 4 is 5.91 Å². The van der Waals surface area contributed by atoms with Crippen molar-refractivity contribution in [1.82, 2.24) is 4.90 Å². The second kappa shape index (κ2) is 6.33. The maximum absolute atomic E-state index is 12.0. The largest absolute Gasteiger partial charge is 0.435 e. The summed E-state index contributed by atoms with van der Waals surface area (Å²) in [5.74, 6) is -0.0827. The van der Waals surface area contributed by atoms with Crippen LogP contribution < -0.4 is 4.74 Å². The normalized spacial score (nSPS) is 12.3. The molecule has 1 atom stereocenters. The highest BCUT2D eigenvalue weighted by Crippen LogP contribution is 2.16. The number of ether oxygens (including phenoxy) is 1. The highest BCUT2D eigenvalue weighted by Gasteiger charge is 2.16. The van der Waals surface area contributed by atoms with Gasteiger partial charge in [-0.3, -0.25) is 4.79 Å². The molecule has 1 aromatic carbocycles. The Hall–Kier alpha value is -1.65.